The van der Waals surface area contributed by atoms with Crippen LogP contribution in [0, 0.1) is 0 Å². The van der Waals surface area contributed by atoms with E-state index in [1.165, 1.54) is 17.1 Å². The van der Waals surface area contributed by atoms with Crippen LogP contribution in [0.2, 0.25) is 0 Å². The summed E-state index contributed by atoms with van der Waals surface area (Å²) in [4.78, 5) is 14.8. The van der Waals surface area contributed by atoms with Gasteiger partial charge in [-0.3, -0.25) is 4.79 Å². The van der Waals surface area contributed by atoms with Gasteiger partial charge in [-0.15, -0.1) is 11.3 Å². The van der Waals surface area contributed by atoms with E-state index in [1.54, 1.807) is 0 Å². The zero-order valence-electron chi connectivity index (χ0n) is 8.40. The average molecular weight is 306 g/mol. The van der Waals surface area contributed by atoms with Gasteiger partial charge in [0.25, 0.3) is 5.91 Å². The molecule has 5 heteroatoms. The number of halogens is 1. The van der Waals surface area contributed by atoms with Gasteiger partial charge in [0.05, 0.1) is 0 Å². The van der Waals surface area contributed by atoms with Crippen LogP contribution in [0.5, 0.6) is 0 Å². The van der Waals surface area contributed by atoms with Crippen LogP contribution in [-0.2, 0) is 0 Å². The molecule has 1 amide bonds. The molecule has 0 N–H and O–H groups in total. The van der Waals surface area contributed by atoms with Crippen molar-refractivity contribution in [1.82, 2.24) is 4.90 Å². The second kappa shape index (κ2) is 4.89. The van der Waals surface area contributed by atoms with Crippen molar-refractivity contribution in [2.24, 2.45) is 0 Å². The minimum atomic E-state index is 0.143. The normalized spacial score (nSPS) is 20.5. The zero-order valence-corrected chi connectivity index (χ0v) is 11.6. The van der Waals surface area contributed by atoms with Crippen LogP contribution in [0.3, 0.4) is 0 Å². The summed E-state index contributed by atoms with van der Waals surface area (Å²) in [6.45, 7) is 0. The summed E-state index contributed by atoms with van der Waals surface area (Å²) >= 11 is 6.83. The van der Waals surface area contributed by atoms with Gasteiger partial charge in [-0.1, -0.05) is 0 Å². The first-order valence-corrected chi connectivity index (χ1v) is 7.61. The Hall–Kier alpha value is -0.000000000000000111. The van der Waals surface area contributed by atoms with Crippen molar-refractivity contribution >= 4 is 44.9 Å². The van der Waals surface area contributed by atoms with Gasteiger partial charge in [0.1, 0.15) is 4.88 Å². The highest BCUT2D eigenvalue weighted by atomic mass is 79.9. The molecule has 1 unspecified atom stereocenters. The third-order valence-electron chi connectivity index (χ3n) is 2.59. The summed E-state index contributed by atoms with van der Waals surface area (Å²) in [5.74, 6) is 2.39. The van der Waals surface area contributed by atoms with E-state index in [0.717, 1.165) is 21.5 Å². The first-order chi connectivity index (χ1) is 7.20. The minimum Gasteiger partial charge on any atom is -0.337 e. The van der Waals surface area contributed by atoms with Gasteiger partial charge in [-0.25, -0.2) is 0 Å². The van der Waals surface area contributed by atoms with Crippen molar-refractivity contribution in [1.29, 1.82) is 0 Å². The smallest absolute Gasteiger partial charge is 0.265 e. The quantitative estimate of drug-likeness (QED) is 0.837. The lowest BCUT2D eigenvalue weighted by molar-refractivity contribution is 0.0752. The van der Waals surface area contributed by atoms with Gasteiger partial charge >= 0.3 is 0 Å². The number of nitrogens with zero attached hydrogens (tertiary/aromatic N) is 1. The lowest BCUT2D eigenvalue weighted by Gasteiger charge is -2.23. The van der Waals surface area contributed by atoms with Crippen LogP contribution in [0.15, 0.2) is 15.9 Å². The molecule has 1 aromatic heterocycles. The Morgan fingerprint density at radius 1 is 1.67 bits per heavy atom. The molecule has 0 aromatic carbocycles. The Balaban J connectivity index is 2.10. The fourth-order valence-corrected chi connectivity index (χ4v) is 4.39. The van der Waals surface area contributed by atoms with Crippen LogP contribution < -0.4 is 0 Å². The largest absolute Gasteiger partial charge is 0.337 e. The Morgan fingerprint density at radius 3 is 3.00 bits per heavy atom. The summed E-state index contributed by atoms with van der Waals surface area (Å²) in [5.41, 5.74) is 0. The number of rotatable bonds is 2. The predicted octanol–water partition coefficient (Wildman–Crippen LogP) is 3.09. The summed E-state index contributed by atoms with van der Waals surface area (Å²) in [6, 6.07) is 2.34. The predicted molar refractivity (Wildman–Crippen MR) is 69.8 cm³/mol. The Labute approximate surface area is 106 Å². The molecule has 1 fully saturated rings. The molecule has 1 saturated heterocycles. The highest BCUT2D eigenvalue weighted by molar-refractivity contribution is 9.10. The van der Waals surface area contributed by atoms with Gasteiger partial charge in [0.2, 0.25) is 0 Å². The lowest BCUT2D eigenvalue weighted by atomic mass is 10.2. The topological polar surface area (TPSA) is 20.3 Å². The molecule has 1 aliphatic heterocycles. The molecule has 0 radical (unpaired) electrons. The van der Waals surface area contributed by atoms with Crippen LogP contribution >= 0.6 is 39.0 Å². The summed E-state index contributed by atoms with van der Waals surface area (Å²) in [6.07, 6.45) is 1.12. The number of carbonyl (C=O) groups is 1. The van der Waals surface area contributed by atoms with Crippen LogP contribution in [-0.4, -0.2) is 35.4 Å². The Bertz CT molecular complexity index is 360. The Morgan fingerprint density at radius 2 is 2.47 bits per heavy atom. The molecule has 0 spiro atoms. The minimum absolute atomic E-state index is 0.143. The summed E-state index contributed by atoms with van der Waals surface area (Å²) in [7, 11) is 1.91. The van der Waals surface area contributed by atoms with E-state index >= 15 is 0 Å². The summed E-state index contributed by atoms with van der Waals surface area (Å²) in [5, 5.41) is 1.94. The molecule has 1 atom stereocenters. The molecule has 0 bridgehead atoms. The van der Waals surface area contributed by atoms with Crippen LogP contribution in [0.1, 0.15) is 16.1 Å². The molecule has 2 nitrogen and oxygen atoms in total. The summed E-state index contributed by atoms with van der Waals surface area (Å²) < 4.78 is 0.912. The monoisotopic (exact) mass is 305 g/mol. The molecule has 0 aliphatic carbocycles. The van der Waals surface area contributed by atoms with E-state index in [-0.39, 0.29) is 5.91 Å². The van der Waals surface area contributed by atoms with Gasteiger partial charge in [0.15, 0.2) is 0 Å². The molecule has 1 aromatic rings. The number of hydrogen-bond acceptors (Lipinski definition) is 3. The fraction of sp³-hybridized carbons (Fsp3) is 0.500. The van der Waals surface area contributed by atoms with Gasteiger partial charge in [-0.2, -0.15) is 11.8 Å². The SMILES string of the molecule is CN(C(=O)c1sccc1Br)C1CCSC1. The number of amides is 1. The molecule has 2 heterocycles. The molecular weight excluding hydrogens is 294 g/mol. The lowest BCUT2D eigenvalue weighted by Crippen LogP contribution is -2.36. The number of thiophene rings is 1. The van der Waals surface area contributed by atoms with Crippen molar-refractivity contribution < 1.29 is 4.79 Å². The van der Waals surface area contributed by atoms with Gasteiger partial charge in [-0.05, 0) is 39.6 Å². The second-order valence-electron chi connectivity index (χ2n) is 3.53. The van der Waals surface area contributed by atoms with E-state index in [2.05, 4.69) is 15.9 Å². The number of hydrogen-bond donors (Lipinski definition) is 0. The average Bonchev–Trinajstić information content (AvgIpc) is 2.85. The van der Waals surface area contributed by atoms with E-state index in [9.17, 15) is 4.79 Å². The third kappa shape index (κ3) is 2.40. The van der Waals surface area contributed by atoms with E-state index < -0.39 is 0 Å². The maximum Gasteiger partial charge on any atom is 0.265 e. The molecule has 1 aliphatic rings. The van der Waals surface area contributed by atoms with E-state index in [1.807, 2.05) is 35.2 Å². The number of thioether (sulfide) groups is 1. The highest BCUT2D eigenvalue weighted by Gasteiger charge is 2.26. The van der Waals surface area contributed by atoms with Crippen molar-refractivity contribution in [3.05, 3.63) is 20.8 Å². The molecule has 2 rings (SSSR count). The molecule has 15 heavy (non-hydrogen) atoms. The van der Waals surface area contributed by atoms with Crippen molar-refractivity contribution in [2.45, 2.75) is 12.5 Å². The first-order valence-electron chi connectivity index (χ1n) is 4.78. The highest BCUT2D eigenvalue weighted by Crippen LogP contribution is 2.27. The fourth-order valence-electron chi connectivity index (χ4n) is 1.60. The van der Waals surface area contributed by atoms with Gasteiger partial charge in [0, 0.05) is 23.3 Å². The zero-order chi connectivity index (χ0) is 10.8. The number of carbonyl (C=O) groups excluding carboxylic acids is 1. The third-order valence-corrected chi connectivity index (χ3v) is 5.56. The molecule has 0 saturated carbocycles. The maximum absolute atomic E-state index is 12.1. The van der Waals surface area contributed by atoms with Gasteiger partial charge < -0.3 is 4.90 Å². The Kier molecular flexibility index (Phi) is 3.74. The maximum atomic E-state index is 12.1. The van der Waals surface area contributed by atoms with Crippen molar-refractivity contribution in [2.75, 3.05) is 18.6 Å². The van der Waals surface area contributed by atoms with E-state index in [0.29, 0.717) is 6.04 Å². The second-order valence-corrected chi connectivity index (χ2v) is 6.45. The van der Waals surface area contributed by atoms with Crippen molar-refractivity contribution in [3.63, 3.8) is 0 Å². The molecule has 82 valence electrons. The van der Waals surface area contributed by atoms with E-state index in [4.69, 9.17) is 0 Å². The van der Waals surface area contributed by atoms with Crippen LogP contribution in [0.4, 0.5) is 0 Å². The van der Waals surface area contributed by atoms with Crippen molar-refractivity contribution in [3.8, 4) is 0 Å². The first kappa shape index (κ1) is 11.5. The molecular formula is C10H12BrNOS2. The van der Waals surface area contributed by atoms with Crippen LogP contribution in [0.25, 0.3) is 0 Å². The standard InChI is InChI=1S/C10H12BrNOS2/c1-12(7-2-4-14-6-7)10(13)9-8(11)3-5-15-9/h3,5,7H,2,4,6H2,1H3.